The molecule has 1 aromatic carbocycles. The molecule has 1 heterocycles. The van der Waals surface area contributed by atoms with E-state index in [0.29, 0.717) is 0 Å². The van der Waals surface area contributed by atoms with Crippen LogP contribution in [0.15, 0.2) is 24.3 Å². The largest absolute Gasteiger partial charge is 0.496 e. The summed E-state index contributed by atoms with van der Waals surface area (Å²) in [7, 11) is 1.69. The van der Waals surface area contributed by atoms with E-state index in [4.69, 9.17) is 16.3 Å². The molecule has 0 fully saturated rings. The van der Waals surface area contributed by atoms with E-state index in [0.717, 1.165) is 16.9 Å². The van der Waals surface area contributed by atoms with Gasteiger partial charge in [0.2, 0.25) is 0 Å². The molecule has 0 amide bonds. The Morgan fingerprint density at radius 1 is 1.11 bits per heavy atom. The van der Waals surface area contributed by atoms with Crippen molar-refractivity contribution in [2.45, 2.75) is 26.1 Å². The van der Waals surface area contributed by atoms with Crippen molar-refractivity contribution in [3.05, 3.63) is 50.7 Å². The number of ether oxygens (including phenoxy) is 1. The second-order valence-corrected chi connectivity index (χ2v) is 6.22. The zero-order chi connectivity index (χ0) is 13.3. The highest BCUT2D eigenvalue weighted by atomic mass is 35.5. The summed E-state index contributed by atoms with van der Waals surface area (Å²) in [5.74, 6) is 0.893. The Morgan fingerprint density at radius 3 is 2.39 bits per heavy atom. The third-order valence-electron chi connectivity index (χ3n) is 3.03. The van der Waals surface area contributed by atoms with E-state index >= 15 is 0 Å². The molecule has 1 atom stereocenters. The van der Waals surface area contributed by atoms with Crippen molar-refractivity contribution in [1.29, 1.82) is 0 Å². The maximum absolute atomic E-state index is 6.59. The fraction of sp³-hybridized carbons (Fsp3) is 0.333. The van der Waals surface area contributed by atoms with Crippen LogP contribution in [0.5, 0.6) is 5.75 Å². The van der Waals surface area contributed by atoms with Gasteiger partial charge >= 0.3 is 0 Å². The van der Waals surface area contributed by atoms with Gasteiger partial charge in [-0.3, -0.25) is 0 Å². The van der Waals surface area contributed by atoms with E-state index in [-0.39, 0.29) is 5.38 Å². The highest BCUT2D eigenvalue weighted by Gasteiger charge is 2.16. The van der Waals surface area contributed by atoms with Gasteiger partial charge in [-0.2, -0.15) is 0 Å². The van der Waals surface area contributed by atoms with Gasteiger partial charge in [0.25, 0.3) is 0 Å². The molecule has 96 valence electrons. The quantitative estimate of drug-likeness (QED) is 0.718. The number of benzene rings is 1. The zero-order valence-corrected chi connectivity index (χ0v) is 12.7. The van der Waals surface area contributed by atoms with Crippen molar-refractivity contribution in [2.75, 3.05) is 7.11 Å². The summed E-state index contributed by atoms with van der Waals surface area (Å²) in [5, 5.41) is -0.0989. The maximum Gasteiger partial charge on any atom is 0.122 e. The standard InChI is InChI=1S/C15H17ClOS/c1-9-5-6-12(8-13(9)17-4)14(16)15-10(2)7-11(3)18-15/h5-8,14H,1-4H3. The summed E-state index contributed by atoms with van der Waals surface area (Å²) in [6, 6.07) is 8.34. The molecule has 0 saturated carbocycles. The van der Waals surface area contributed by atoms with Gasteiger partial charge in [0, 0.05) is 9.75 Å². The molecule has 0 N–H and O–H groups in total. The smallest absolute Gasteiger partial charge is 0.122 e. The lowest BCUT2D eigenvalue weighted by Gasteiger charge is -2.12. The van der Waals surface area contributed by atoms with Crippen molar-refractivity contribution >= 4 is 22.9 Å². The predicted octanol–water partition coefficient (Wildman–Crippen LogP) is 5.01. The fourth-order valence-electron chi connectivity index (χ4n) is 2.06. The molecule has 0 bridgehead atoms. The SMILES string of the molecule is COc1cc(C(Cl)c2sc(C)cc2C)ccc1C. The molecule has 0 spiro atoms. The van der Waals surface area contributed by atoms with E-state index in [1.165, 1.54) is 15.3 Å². The van der Waals surface area contributed by atoms with Crippen LogP contribution in [-0.2, 0) is 0 Å². The molecule has 0 aliphatic heterocycles. The summed E-state index contributed by atoms with van der Waals surface area (Å²) < 4.78 is 5.35. The summed E-state index contributed by atoms with van der Waals surface area (Å²) in [6.07, 6.45) is 0. The molecule has 2 aromatic rings. The number of thiophene rings is 1. The molecule has 0 aliphatic rings. The summed E-state index contributed by atoms with van der Waals surface area (Å²) in [5.41, 5.74) is 3.48. The van der Waals surface area contributed by atoms with Gasteiger partial charge in [-0.1, -0.05) is 12.1 Å². The number of hydrogen-bond donors (Lipinski definition) is 0. The van der Waals surface area contributed by atoms with Crippen LogP contribution >= 0.6 is 22.9 Å². The van der Waals surface area contributed by atoms with Crippen LogP contribution < -0.4 is 4.74 Å². The molecule has 0 radical (unpaired) electrons. The zero-order valence-electron chi connectivity index (χ0n) is 11.1. The number of methoxy groups -OCH3 is 1. The van der Waals surface area contributed by atoms with Gasteiger partial charge in [0.05, 0.1) is 12.5 Å². The molecule has 3 heteroatoms. The normalized spacial score (nSPS) is 12.5. The number of halogens is 1. The highest BCUT2D eigenvalue weighted by Crippen LogP contribution is 2.37. The van der Waals surface area contributed by atoms with Gasteiger partial charge in [-0.15, -0.1) is 22.9 Å². The lowest BCUT2D eigenvalue weighted by molar-refractivity contribution is 0.411. The first-order valence-electron chi connectivity index (χ1n) is 5.88. The first kappa shape index (κ1) is 13.4. The molecule has 0 aliphatic carbocycles. The first-order valence-corrected chi connectivity index (χ1v) is 7.13. The molecule has 0 saturated heterocycles. The second kappa shape index (κ2) is 5.33. The maximum atomic E-state index is 6.59. The Bertz CT molecular complexity index is 560. The Kier molecular flexibility index (Phi) is 3.98. The lowest BCUT2D eigenvalue weighted by atomic mass is 10.1. The van der Waals surface area contributed by atoms with Gasteiger partial charge in [0.15, 0.2) is 0 Å². The van der Waals surface area contributed by atoms with Crippen molar-refractivity contribution in [2.24, 2.45) is 0 Å². The summed E-state index contributed by atoms with van der Waals surface area (Å²) in [6.45, 7) is 6.26. The van der Waals surface area contributed by atoms with Crippen molar-refractivity contribution in [3.63, 3.8) is 0 Å². The Hall–Kier alpha value is -0.990. The number of alkyl halides is 1. The monoisotopic (exact) mass is 280 g/mol. The molecular formula is C15H17ClOS. The average molecular weight is 281 g/mol. The molecule has 1 nitrogen and oxygen atoms in total. The van der Waals surface area contributed by atoms with Crippen LogP contribution in [0.4, 0.5) is 0 Å². The van der Waals surface area contributed by atoms with E-state index < -0.39 is 0 Å². The first-order chi connectivity index (χ1) is 8.52. The molecule has 1 unspecified atom stereocenters. The number of rotatable bonds is 3. The van der Waals surface area contributed by atoms with Gasteiger partial charge in [0.1, 0.15) is 5.75 Å². The van der Waals surface area contributed by atoms with Crippen molar-refractivity contribution in [1.82, 2.24) is 0 Å². The Balaban J connectivity index is 2.39. The lowest BCUT2D eigenvalue weighted by Crippen LogP contribution is -1.95. The molecule has 1 aromatic heterocycles. The van der Waals surface area contributed by atoms with Crippen LogP contribution in [0, 0.1) is 20.8 Å². The van der Waals surface area contributed by atoms with Gasteiger partial charge in [-0.25, -0.2) is 0 Å². The molecular weight excluding hydrogens is 264 g/mol. The Labute approximate surface area is 117 Å². The van der Waals surface area contributed by atoms with Crippen LogP contribution in [0.25, 0.3) is 0 Å². The van der Waals surface area contributed by atoms with Crippen molar-refractivity contribution < 1.29 is 4.74 Å². The van der Waals surface area contributed by atoms with Crippen molar-refractivity contribution in [3.8, 4) is 5.75 Å². The Morgan fingerprint density at radius 2 is 1.83 bits per heavy atom. The van der Waals surface area contributed by atoms with E-state index in [2.05, 4.69) is 32.0 Å². The number of hydrogen-bond acceptors (Lipinski definition) is 2. The molecule has 2 rings (SSSR count). The third-order valence-corrected chi connectivity index (χ3v) is 4.85. The van der Waals surface area contributed by atoms with E-state index in [1.807, 2.05) is 13.0 Å². The van der Waals surface area contributed by atoms with Crippen LogP contribution in [0.3, 0.4) is 0 Å². The fourth-order valence-corrected chi connectivity index (χ4v) is 3.54. The minimum Gasteiger partial charge on any atom is -0.496 e. The number of aryl methyl sites for hydroxylation is 3. The van der Waals surface area contributed by atoms with Crippen LogP contribution in [0.1, 0.15) is 31.8 Å². The van der Waals surface area contributed by atoms with Crippen LogP contribution in [0.2, 0.25) is 0 Å². The van der Waals surface area contributed by atoms with E-state index in [1.54, 1.807) is 18.4 Å². The molecule has 18 heavy (non-hydrogen) atoms. The average Bonchev–Trinajstić information content (AvgIpc) is 2.68. The minimum absolute atomic E-state index is 0.0989. The topological polar surface area (TPSA) is 9.23 Å². The van der Waals surface area contributed by atoms with E-state index in [9.17, 15) is 0 Å². The van der Waals surface area contributed by atoms with Gasteiger partial charge in [-0.05, 0) is 49.6 Å². The minimum atomic E-state index is -0.0989. The van der Waals surface area contributed by atoms with Gasteiger partial charge < -0.3 is 4.74 Å². The third kappa shape index (κ3) is 2.55. The second-order valence-electron chi connectivity index (χ2n) is 4.50. The van der Waals surface area contributed by atoms with Crippen LogP contribution in [-0.4, -0.2) is 7.11 Å². The predicted molar refractivity (Wildman–Crippen MR) is 79.2 cm³/mol. The highest BCUT2D eigenvalue weighted by molar-refractivity contribution is 7.12. The summed E-state index contributed by atoms with van der Waals surface area (Å²) >= 11 is 8.35. The summed E-state index contributed by atoms with van der Waals surface area (Å²) in [4.78, 5) is 2.52.